The Kier molecular flexibility index (Phi) is 5.81. The second-order valence-corrected chi connectivity index (χ2v) is 6.55. The number of rotatable bonds is 5. The largest absolute Gasteiger partial charge is 0.488 e. The van der Waals surface area contributed by atoms with E-state index in [0.29, 0.717) is 29.0 Å². The van der Waals surface area contributed by atoms with Gasteiger partial charge in [0.05, 0.1) is 0 Å². The summed E-state index contributed by atoms with van der Waals surface area (Å²) in [4.78, 5) is 0. The minimum atomic E-state index is -5.93. The molecule has 30 heavy (non-hydrogen) atoms. The van der Waals surface area contributed by atoms with Crippen molar-refractivity contribution in [2.24, 2.45) is 0 Å². The molecular formula is C22H16F6O2. The maximum Gasteiger partial charge on any atom is 0.430 e. The third-order valence-corrected chi connectivity index (χ3v) is 4.56. The molecule has 0 saturated heterocycles. The van der Waals surface area contributed by atoms with Crippen LogP contribution in [0.2, 0.25) is 0 Å². The zero-order valence-electron chi connectivity index (χ0n) is 15.3. The van der Waals surface area contributed by atoms with Crippen molar-refractivity contribution in [1.29, 1.82) is 0 Å². The Labute approximate surface area is 168 Å². The molecule has 8 heteroatoms. The number of ether oxygens (including phenoxy) is 1. The van der Waals surface area contributed by atoms with Crippen molar-refractivity contribution in [2.45, 2.75) is 24.6 Å². The molecule has 0 aliphatic carbocycles. The fourth-order valence-corrected chi connectivity index (χ4v) is 2.95. The SMILES string of the molecule is OC(c1ccc(-c2ccccc2OCc2ccccc2)cc1)(C(F)(F)F)C(F)(F)F. The minimum absolute atomic E-state index is 0.234. The van der Waals surface area contributed by atoms with Crippen molar-refractivity contribution in [2.75, 3.05) is 0 Å². The molecule has 1 N–H and O–H groups in total. The van der Waals surface area contributed by atoms with Crippen LogP contribution in [0.15, 0.2) is 78.9 Å². The van der Waals surface area contributed by atoms with E-state index in [1.54, 1.807) is 24.3 Å². The zero-order valence-corrected chi connectivity index (χ0v) is 15.3. The molecule has 0 aliphatic rings. The summed E-state index contributed by atoms with van der Waals surface area (Å²) in [6, 6.07) is 19.3. The Morgan fingerprint density at radius 1 is 0.667 bits per heavy atom. The van der Waals surface area contributed by atoms with Crippen molar-refractivity contribution >= 4 is 0 Å². The summed E-state index contributed by atoms with van der Waals surface area (Å²) in [5.74, 6) is 0.413. The molecule has 0 amide bonds. The fraction of sp³-hybridized carbons (Fsp3) is 0.182. The van der Waals surface area contributed by atoms with Crippen molar-refractivity contribution in [3.8, 4) is 16.9 Å². The zero-order chi connectivity index (χ0) is 22.0. The van der Waals surface area contributed by atoms with Crippen LogP contribution in [-0.2, 0) is 12.2 Å². The first-order valence-electron chi connectivity index (χ1n) is 8.76. The standard InChI is InChI=1S/C22H16F6O2/c23-21(24,25)20(29,22(26,27)28)17-12-10-16(11-13-17)18-8-4-5-9-19(18)30-14-15-6-2-1-3-7-15/h1-13,29H,14H2. The lowest BCUT2D eigenvalue weighted by Crippen LogP contribution is -2.53. The monoisotopic (exact) mass is 426 g/mol. The molecule has 0 aromatic heterocycles. The van der Waals surface area contributed by atoms with Gasteiger partial charge in [0.25, 0.3) is 5.60 Å². The Hall–Kier alpha value is -3.00. The first-order chi connectivity index (χ1) is 14.0. The van der Waals surface area contributed by atoms with Crippen molar-refractivity contribution in [3.63, 3.8) is 0 Å². The van der Waals surface area contributed by atoms with E-state index in [0.717, 1.165) is 17.7 Å². The van der Waals surface area contributed by atoms with Crippen LogP contribution >= 0.6 is 0 Å². The molecule has 2 nitrogen and oxygen atoms in total. The van der Waals surface area contributed by atoms with E-state index in [2.05, 4.69) is 0 Å². The molecule has 0 unspecified atom stereocenters. The fourth-order valence-electron chi connectivity index (χ4n) is 2.95. The van der Waals surface area contributed by atoms with Gasteiger partial charge in [-0.2, -0.15) is 26.3 Å². The van der Waals surface area contributed by atoms with Gasteiger partial charge >= 0.3 is 12.4 Å². The molecule has 0 bridgehead atoms. The second-order valence-electron chi connectivity index (χ2n) is 6.55. The van der Waals surface area contributed by atoms with E-state index < -0.39 is 23.5 Å². The van der Waals surface area contributed by atoms with Gasteiger partial charge in [-0.05, 0) is 17.2 Å². The van der Waals surface area contributed by atoms with Crippen LogP contribution in [0.5, 0.6) is 5.75 Å². The summed E-state index contributed by atoms with van der Waals surface area (Å²) in [5.41, 5.74) is -4.55. The second kappa shape index (κ2) is 8.02. The summed E-state index contributed by atoms with van der Waals surface area (Å²) in [6.07, 6.45) is -11.9. The van der Waals surface area contributed by atoms with Crippen LogP contribution in [0.25, 0.3) is 11.1 Å². The molecule has 0 heterocycles. The molecule has 3 aromatic rings. The number of alkyl halides is 6. The molecule has 0 fully saturated rings. The molecule has 0 radical (unpaired) electrons. The normalized spacial score (nSPS) is 12.6. The van der Waals surface area contributed by atoms with Gasteiger partial charge < -0.3 is 9.84 Å². The highest BCUT2D eigenvalue weighted by molar-refractivity contribution is 5.70. The van der Waals surface area contributed by atoms with Crippen LogP contribution in [0.3, 0.4) is 0 Å². The van der Waals surface area contributed by atoms with E-state index in [4.69, 9.17) is 4.74 Å². The van der Waals surface area contributed by atoms with E-state index in [1.165, 1.54) is 0 Å². The van der Waals surface area contributed by atoms with Gasteiger partial charge in [0.15, 0.2) is 0 Å². The smallest absolute Gasteiger partial charge is 0.430 e. The first kappa shape index (κ1) is 21.7. The summed E-state index contributed by atoms with van der Waals surface area (Å²) < 4.78 is 84.0. The maximum absolute atomic E-state index is 13.0. The van der Waals surface area contributed by atoms with Crippen LogP contribution in [0.4, 0.5) is 26.3 Å². The van der Waals surface area contributed by atoms with Gasteiger partial charge in [0.2, 0.25) is 0 Å². The van der Waals surface area contributed by atoms with E-state index >= 15 is 0 Å². The van der Waals surface area contributed by atoms with Crippen LogP contribution in [-0.4, -0.2) is 17.5 Å². The number of halogens is 6. The highest BCUT2D eigenvalue weighted by atomic mass is 19.4. The van der Waals surface area contributed by atoms with E-state index in [1.807, 2.05) is 30.3 Å². The van der Waals surface area contributed by atoms with Crippen LogP contribution in [0.1, 0.15) is 11.1 Å². The average molecular weight is 426 g/mol. The summed E-state index contributed by atoms with van der Waals surface area (Å²) in [5, 5.41) is 9.51. The van der Waals surface area contributed by atoms with Crippen molar-refractivity contribution in [3.05, 3.63) is 90.0 Å². The summed E-state index contributed by atoms with van der Waals surface area (Å²) in [6.45, 7) is 0.234. The minimum Gasteiger partial charge on any atom is -0.488 e. The van der Waals surface area contributed by atoms with Crippen molar-refractivity contribution < 1.29 is 36.2 Å². The lowest BCUT2D eigenvalue weighted by molar-refractivity contribution is -0.376. The molecule has 0 atom stereocenters. The topological polar surface area (TPSA) is 29.5 Å². The van der Waals surface area contributed by atoms with Gasteiger partial charge in [-0.1, -0.05) is 72.8 Å². The highest BCUT2D eigenvalue weighted by Crippen LogP contribution is 2.50. The van der Waals surface area contributed by atoms with Gasteiger partial charge in [-0.25, -0.2) is 0 Å². The number of hydrogen-bond donors (Lipinski definition) is 1. The van der Waals surface area contributed by atoms with Gasteiger partial charge in [-0.15, -0.1) is 0 Å². The van der Waals surface area contributed by atoms with Gasteiger partial charge in [0, 0.05) is 11.1 Å². The Morgan fingerprint density at radius 3 is 1.77 bits per heavy atom. The molecule has 3 aromatic carbocycles. The molecule has 158 valence electrons. The third-order valence-electron chi connectivity index (χ3n) is 4.56. The van der Waals surface area contributed by atoms with Gasteiger partial charge in [-0.3, -0.25) is 0 Å². The number of aliphatic hydroxyl groups is 1. The van der Waals surface area contributed by atoms with Crippen molar-refractivity contribution in [1.82, 2.24) is 0 Å². The van der Waals surface area contributed by atoms with Gasteiger partial charge in [0.1, 0.15) is 12.4 Å². The Bertz CT molecular complexity index is 965. The summed E-state index contributed by atoms with van der Waals surface area (Å²) >= 11 is 0. The predicted molar refractivity (Wildman–Crippen MR) is 98.7 cm³/mol. The molecule has 0 aliphatic heterocycles. The molecular weight excluding hydrogens is 410 g/mol. The Morgan fingerprint density at radius 2 is 1.20 bits per heavy atom. The number of para-hydroxylation sites is 1. The van der Waals surface area contributed by atoms with E-state index in [9.17, 15) is 31.4 Å². The maximum atomic E-state index is 13.0. The lowest BCUT2D eigenvalue weighted by atomic mass is 9.90. The average Bonchev–Trinajstić information content (AvgIpc) is 2.71. The quantitative estimate of drug-likeness (QED) is 0.489. The van der Waals surface area contributed by atoms with E-state index in [-0.39, 0.29) is 6.61 Å². The van der Waals surface area contributed by atoms with Crippen LogP contribution in [0, 0.1) is 0 Å². The number of benzene rings is 3. The molecule has 3 rings (SSSR count). The predicted octanol–water partition coefficient (Wildman–Crippen LogP) is 6.24. The number of hydrogen-bond acceptors (Lipinski definition) is 2. The lowest BCUT2D eigenvalue weighted by Gasteiger charge is -2.32. The summed E-state index contributed by atoms with van der Waals surface area (Å²) in [7, 11) is 0. The highest BCUT2D eigenvalue weighted by Gasteiger charge is 2.71. The molecule has 0 saturated carbocycles. The Balaban J connectivity index is 1.92. The third kappa shape index (κ3) is 4.14. The first-order valence-corrected chi connectivity index (χ1v) is 8.76. The van der Waals surface area contributed by atoms with Crippen LogP contribution < -0.4 is 4.74 Å². The molecule has 0 spiro atoms.